The number of rotatable bonds is 4. The molecule has 1 amide bonds. The Labute approximate surface area is 161 Å². The first-order chi connectivity index (χ1) is 13.2. The maximum absolute atomic E-state index is 12.8. The normalized spacial score (nSPS) is 14.4. The highest BCUT2D eigenvalue weighted by atomic mass is 32.1. The molecule has 2 heterocycles. The van der Waals surface area contributed by atoms with Crippen molar-refractivity contribution < 1.29 is 14.3 Å². The summed E-state index contributed by atoms with van der Waals surface area (Å²) in [6.45, 7) is 2.89. The molecule has 0 unspecified atom stereocenters. The molecule has 1 aliphatic heterocycles. The van der Waals surface area contributed by atoms with Crippen LogP contribution in [-0.4, -0.2) is 56.2 Å². The van der Waals surface area contributed by atoms with E-state index in [1.54, 1.807) is 43.8 Å². The summed E-state index contributed by atoms with van der Waals surface area (Å²) in [6, 6.07) is 13.4. The van der Waals surface area contributed by atoms with E-state index in [4.69, 9.17) is 14.5 Å². The highest BCUT2D eigenvalue weighted by Gasteiger charge is 2.24. The van der Waals surface area contributed by atoms with Crippen molar-refractivity contribution in [3.63, 3.8) is 0 Å². The molecule has 6 nitrogen and oxygen atoms in total. The van der Waals surface area contributed by atoms with Crippen molar-refractivity contribution in [2.75, 3.05) is 45.3 Å². The first-order valence-corrected chi connectivity index (χ1v) is 9.63. The van der Waals surface area contributed by atoms with E-state index in [2.05, 4.69) is 11.0 Å². The van der Waals surface area contributed by atoms with Crippen LogP contribution < -0.4 is 14.4 Å². The van der Waals surface area contributed by atoms with Crippen LogP contribution in [0.4, 0.5) is 5.13 Å². The number of carbonyl (C=O) groups is 1. The first kappa shape index (κ1) is 17.6. The van der Waals surface area contributed by atoms with Gasteiger partial charge in [-0.1, -0.05) is 23.5 Å². The van der Waals surface area contributed by atoms with Gasteiger partial charge in [-0.3, -0.25) is 4.79 Å². The number of nitrogens with zero attached hydrogens (tertiary/aromatic N) is 3. The molecule has 4 rings (SSSR count). The first-order valence-electron chi connectivity index (χ1n) is 8.81. The number of methoxy groups -OCH3 is 2. The van der Waals surface area contributed by atoms with E-state index in [1.165, 1.54) is 4.70 Å². The number of amides is 1. The summed E-state index contributed by atoms with van der Waals surface area (Å²) in [5.41, 5.74) is 1.64. The second kappa shape index (κ2) is 7.44. The average Bonchev–Trinajstić information content (AvgIpc) is 3.17. The number of hydrogen-bond acceptors (Lipinski definition) is 6. The number of hydrogen-bond donors (Lipinski definition) is 0. The van der Waals surface area contributed by atoms with Gasteiger partial charge in [-0.15, -0.1) is 0 Å². The molecule has 0 N–H and O–H groups in total. The highest BCUT2D eigenvalue weighted by Crippen LogP contribution is 2.30. The SMILES string of the molecule is COc1ccc(C(=O)N2CCN(c3nc4ccccc4s3)CC2)cc1OC. The number of aromatic nitrogens is 1. The van der Waals surface area contributed by atoms with E-state index < -0.39 is 0 Å². The third-order valence-corrected chi connectivity index (χ3v) is 5.85. The minimum Gasteiger partial charge on any atom is -0.493 e. The standard InChI is InChI=1S/C20H21N3O3S/c1-25-16-8-7-14(13-17(16)26-2)19(24)22-9-11-23(12-10-22)20-21-15-5-3-4-6-18(15)27-20/h3-8,13H,9-12H2,1-2H3. The van der Waals surface area contributed by atoms with Crippen molar-refractivity contribution in [3.8, 4) is 11.5 Å². The van der Waals surface area contributed by atoms with Gasteiger partial charge in [-0.25, -0.2) is 4.98 Å². The number of piperazine rings is 1. The van der Waals surface area contributed by atoms with Gasteiger partial charge in [0.1, 0.15) is 0 Å². The Morgan fingerprint density at radius 1 is 1.00 bits per heavy atom. The Hall–Kier alpha value is -2.80. The molecule has 0 aliphatic carbocycles. The number of carbonyl (C=O) groups excluding carboxylic acids is 1. The van der Waals surface area contributed by atoms with Crippen LogP contribution in [0.5, 0.6) is 11.5 Å². The quantitative estimate of drug-likeness (QED) is 0.692. The summed E-state index contributed by atoms with van der Waals surface area (Å²) in [5, 5.41) is 1.02. The number of ether oxygens (including phenoxy) is 2. The van der Waals surface area contributed by atoms with Gasteiger partial charge in [0.15, 0.2) is 16.6 Å². The lowest BCUT2D eigenvalue weighted by Crippen LogP contribution is -2.48. The zero-order valence-electron chi connectivity index (χ0n) is 15.3. The molecule has 3 aromatic rings. The van der Waals surface area contributed by atoms with E-state index in [0.717, 1.165) is 23.7 Å². The summed E-state index contributed by atoms with van der Waals surface area (Å²) >= 11 is 1.70. The molecule has 0 spiro atoms. The van der Waals surface area contributed by atoms with Crippen LogP contribution in [0.1, 0.15) is 10.4 Å². The Balaban J connectivity index is 1.45. The van der Waals surface area contributed by atoms with Crippen LogP contribution in [0.3, 0.4) is 0 Å². The van der Waals surface area contributed by atoms with Crippen LogP contribution >= 0.6 is 11.3 Å². The Morgan fingerprint density at radius 2 is 1.74 bits per heavy atom. The minimum absolute atomic E-state index is 0.0138. The van der Waals surface area contributed by atoms with Crippen molar-refractivity contribution in [1.29, 1.82) is 0 Å². The zero-order chi connectivity index (χ0) is 18.8. The van der Waals surface area contributed by atoms with Crippen LogP contribution in [0.2, 0.25) is 0 Å². The Kier molecular flexibility index (Phi) is 4.85. The molecular weight excluding hydrogens is 362 g/mol. The van der Waals surface area contributed by atoms with Crippen molar-refractivity contribution in [2.45, 2.75) is 0 Å². The highest BCUT2D eigenvalue weighted by molar-refractivity contribution is 7.22. The van der Waals surface area contributed by atoms with Crippen LogP contribution in [0, 0.1) is 0 Å². The molecule has 1 saturated heterocycles. The smallest absolute Gasteiger partial charge is 0.254 e. The third kappa shape index (κ3) is 3.42. The molecule has 0 saturated carbocycles. The molecule has 1 aliphatic rings. The molecule has 1 fully saturated rings. The van der Waals surface area contributed by atoms with Crippen LogP contribution in [-0.2, 0) is 0 Å². The summed E-state index contributed by atoms with van der Waals surface area (Å²) < 4.78 is 11.7. The van der Waals surface area contributed by atoms with Crippen LogP contribution in [0.25, 0.3) is 10.2 Å². The predicted octanol–water partition coefficient (Wildman–Crippen LogP) is 3.28. The van der Waals surface area contributed by atoms with E-state index in [-0.39, 0.29) is 5.91 Å². The molecule has 140 valence electrons. The van der Waals surface area contributed by atoms with Crippen molar-refractivity contribution in [1.82, 2.24) is 9.88 Å². The lowest BCUT2D eigenvalue weighted by atomic mass is 10.1. The summed E-state index contributed by atoms with van der Waals surface area (Å²) in [6.07, 6.45) is 0. The van der Waals surface area contributed by atoms with E-state index in [0.29, 0.717) is 30.2 Å². The number of para-hydroxylation sites is 1. The van der Waals surface area contributed by atoms with Gasteiger partial charge in [0.25, 0.3) is 5.91 Å². The average molecular weight is 383 g/mol. The van der Waals surface area contributed by atoms with Gasteiger partial charge >= 0.3 is 0 Å². The van der Waals surface area contributed by atoms with Gasteiger partial charge in [0.2, 0.25) is 0 Å². The summed E-state index contributed by atoms with van der Waals surface area (Å²) in [5.74, 6) is 1.20. The van der Waals surface area contributed by atoms with Gasteiger partial charge < -0.3 is 19.3 Å². The molecule has 27 heavy (non-hydrogen) atoms. The van der Waals surface area contributed by atoms with E-state index in [1.807, 2.05) is 23.1 Å². The Bertz CT molecular complexity index is 931. The Morgan fingerprint density at radius 3 is 2.44 bits per heavy atom. The van der Waals surface area contributed by atoms with Crippen molar-refractivity contribution >= 4 is 32.6 Å². The van der Waals surface area contributed by atoms with E-state index >= 15 is 0 Å². The molecule has 0 bridgehead atoms. The topological polar surface area (TPSA) is 54.9 Å². The predicted molar refractivity (Wildman–Crippen MR) is 107 cm³/mol. The largest absolute Gasteiger partial charge is 0.493 e. The maximum Gasteiger partial charge on any atom is 0.254 e. The monoisotopic (exact) mass is 383 g/mol. The summed E-state index contributed by atoms with van der Waals surface area (Å²) in [7, 11) is 3.16. The van der Waals surface area contributed by atoms with Crippen molar-refractivity contribution in [2.24, 2.45) is 0 Å². The summed E-state index contributed by atoms with van der Waals surface area (Å²) in [4.78, 5) is 21.7. The van der Waals surface area contributed by atoms with Gasteiger partial charge in [-0.2, -0.15) is 0 Å². The second-order valence-corrected chi connectivity index (χ2v) is 7.32. The minimum atomic E-state index is 0.0138. The maximum atomic E-state index is 12.8. The fourth-order valence-corrected chi connectivity index (χ4v) is 4.27. The molecule has 0 atom stereocenters. The zero-order valence-corrected chi connectivity index (χ0v) is 16.2. The number of fused-ring (bicyclic) bond motifs is 1. The van der Waals surface area contributed by atoms with Crippen LogP contribution in [0.15, 0.2) is 42.5 Å². The molecule has 2 aromatic carbocycles. The molecule has 1 aromatic heterocycles. The molecule has 0 radical (unpaired) electrons. The fraction of sp³-hybridized carbons (Fsp3) is 0.300. The number of anilines is 1. The number of thiazole rings is 1. The molecular formula is C20H21N3O3S. The third-order valence-electron chi connectivity index (χ3n) is 4.75. The fourth-order valence-electron chi connectivity index (χ4n) is 3.25. The number of benzene rings is 2. The lowest BCUT2D eigenvalue weighted by Gasteiger charge is -2.34. The second-order valence-electron chi connectivity index (χ2n) is 6.31. The van der Waals surface area contributed by atoms with Gasteiger partial charge in [0.05, 0.1) is 24.4 Å². The van der Waals surface area contributed by atoms with Gasteiger partial charge in [-0.05, 0) is 30.3 Å². The van der Waals surface area contributed by atoms with E-state index in [9.17, 15) is 4.79 Å². The lowest BCUT2D eigenvalue weighted by molar-refractivity contribution is 0.0746. The molecule has 7 heteroatoms. The van der Waals surface area contributed by atoms with Crippen molar-refractivity contribution in [3.05, 3.63) is 48.0 Å². The van der Waals surface area contributed by atoms with Gasteiger partial charge in [0, 0.05) is 31.7 Å².